The van der Waals surface area contributed by atoms with E-state index in [1.165, 1.54) is 103 Å². The minimum atomic E-state index is -4.35. The highest BCUT2D eigenvalue weighted by atomic mass is 31.2. The van der Waals surface area contributed by atoms with Crippen LogP contribution in [-0.4, -0.2) is 74.9 Å². The molecule has 10 heteroatoms. The smallest absolute Gasteiger partial charge is 0.462 e. The molecule has 0 rings (SSSR count). The molecule has 1 N–H and O–H groups in total. The first-order chi connectivity index (χ1) is 22.0. The third kappa shape index (κ3) is 32.9. The number of nitrogens with zero attached hydrogens (tertiary/aromatic N) is 1. The van der Waals surface area contributed by atoms with Crippen LogP contribution in [0.2, 0.25) is 0 Å². The van der Waals surface area contributed by atoms with E-state index in [0.717, 1.165) is 38.5 Å². The van der Waals surface area contributed by atoms with Gasteiger partial charge in [-0.05, 0) is 12.8 Å². The van der Waals surface area contributed by atoms with Gasteiger partial charge in [0.15, 0.2) is 6.10 Å². The molecule has 0 bridgehead atoms. The number of esters is 2. The SMILES string of the molecule is CCCCCCCCCCCCCCCCC(=O)OC(COC(=O)CCCCCCCCCC)COP(=O)(O)OCC[N+](C)(C)C. The van der Waals surface area contributed by atoms with E-state index in [9.17, 15) is 19.0 Å². The van der Waals surface area contributed by atoms with Crippen molar-refractivity contribution < 1.29 is 42.1 Å². The summed E-state index contributed by atoms with van der Waals surface area (Å²) in [5.74, 6) is -0.796. The normalized spacial score (nSPS) is 13.8. The summed E-state index contributed by atoms with van der Waals surface area (Å²) in [4.78, 5) is 35.0. The van der Waals surface area contributed by atoms with Gasteiger partial charge in [-0.1, -0.05) is 142 Å². The number of likely N-dealkylation sites (N-methyl/N-ethyl adjacent to an activating group) is 1. The van der Waals surface area contributed by atoms with E-state index in [1.54, 1.807) is 0 Å². The lowest BCUT2D eigenvalue weighted by Crippen LogP contribution is -2.37. The Balaban J connectivity index is 4.39. The molecule has 0 saturated carbocycles. The second kappa shape index (κ2) is 30.1. The van der Waals surface area contributed by atoms with Gasteiger partial charge in [-0.2, -0.15) is 0 Å². The highest BCUT2D eigenvalue weighted by molar-refractivity contribution is 7.47. The lowest BCUT2D eigenvalue weighted by molar-refractivity contribution is -0.870. The van der Waals surface area contributed by atoms with Crippen molar-refractivity contribution in [1.82, 2.24) is 0 Å². The van der Waals surface area contributed by atoms with Gasteiger partial charge in [0, 0.05) is 12.8 Å². The molecule has 0 heterocycles. The van der Waals surface area contributed by atoms with E-state index in [4.69, 9.17) is 18.5 Å². The second-order valence-electron chi connectivity index (χ2n) is 14.0. The molecule has 0 aliphatic heterocycles. The number of ether oxygens (including phenoxy) is 2. The van der Waals surface area contributed by atoms with Crippen molar-refractivity contribution in [3.05, 3.63) is 0 Å². The van der Waals surface area contributed by atoms with Crippen molar-refractivity contribution in [3.63, 3.8) is 0 Å². The molecule has 46 heavy (non-hydrogen) atoms. The van der Waals surface area contributed by atoms with Crippen molar-refractivity contribution in [1.29, 1.82) is 0 Å². The Morgan fingerprint density at radius 2 is 0.978 bits per heavy atom. The Morgan fingerprint density at radius 3 is 1.39 bits per heavy atom. The van der Waals surface area contributed by atoms with Gasteiger partial charge in [0.05, 0.1) is 27.7 Å². The summed E-state index contributed by atoms with van der Waals surface area (Å²) in [6.07, 6.45) is 25.8. The van der Waals surface area contributed by atoms with Crippen LogP contribution in [0.5, 0.6) is 0 Å². The third-order valence-corrected chi connectivity index (χ3v) is 9.12. The van der Waals surface area contributed by atoms with Gasteiger partial charge in [0.2, 0.25) is 0 Å². The fourth-order valence-electron chi connectivity index (χ4n) is 5.13. The molecule has 2 unspecified atom stereocenters. The van der Waals surface area contributed by atoms with Gasteiger partial charge < -0.3 is 18.9 Å². The summed E-state index contributed by atoms with van der Waals surface area (Å²) in [5, 5.41) is 0. The van der Waals surface area contributed by atoms with Crippen molar-refractivity contribution in [2.75, 3.05) is 47.5 Å². The summed E-state index contributed by atoms with van der Waals surface area (Å²) in [6.45, 7) is 4.39. The molecule has 0 radical (unpaired) electrons. The molecule has 0 saturated heterocycles. The van der Waals surface area contributed by atoms with Gasteiger partial charge in [-0.25, -0.2) is 4.57 Å². The number of quaternary nitrogens is 1. The zero-order chi connectivity index (χ0) is 34.4. The van der Waals surface area contributed by atoms with Crippen LogP contribution in [-0.2, 0) is 32.7 Å². The number of unbranched alkanes of at least 4 members (excludes halogenated alkanes) is 20. The van der Waals surface area contributed by atoms with Crippen LogP contribution < -0.4 is 0 Å². The third-order valence-electron chi connectivity index (χ3n) is 8.14. The van der Waals surface area contributed by atoms with E-state index in [-0.39, 0.29) is 25.6 Å². The minimum absolute atomic E-state index is 0.0362. The summed E-state index contributed by atoms with van der Waals surface area (Å²) in [7, 11) is 1.49. The maximum Gasteiger partial charge on any atom is 0.472 e. The average Bonchev–Trinajstić information content (AvgIpc) is 2.99. The Labute approximate surface area is 283 Å². The predicted molar refractivity (Wildman–Crippen MR) is 188 cm³/mol. The molecule has 274 valence electrons. The first-order valence-electron chi connectivity index (χ1n) is 18.8. The van der Waals surface area contributed by atoms with Crippen molar-refractivity contribution in [3.8, 4) is 0 Å². The topological polar surface area (TPSA) is 108 Å². The molecular formula is C36H73NO8P+. The molecular weight excluding hydrogens is 605 g/mol. The van der Waals surface area contributed by atoms with Gasteiger partial charge in [-0.3, -0.25) is 18.6 Å². The van der Waals surface area contributed by atoms with E-state index in [1.807, 2.05) is 21.1 Å². The summed E-state index contributed by atoms with van der Waals surface area (Å²) in [6, 6.07) is 0. The fraction of sp³-hybridized carbons (Fsp3) is 0.944. The Kier molecular flexibility index (Phi) is 29.4. The van der Waals surface area contributed by atoms with Crippen LogP contribution in [0, 0.1) is 0 Å². The van der Waals surface area contributed by atoms with Gasteiger partial charge >= 0.3 is 19.8 Å². The minimum Gasteiger partial charge on any atom is -0.462 e. The standard InChI is InChI=1S/C36H72NO8P/c1-6-8-10-12-14-16-17-18-19-20-21-23-25-27-29-36(39)45-34(33-44-46(40,41)43-31-30-37(3,4)5)32-42-35(38)28-26-24-22-15-13-11-9-7-2/h34H,6-33H2,1-5H3/p+1. The first kappa shape index (κ1) is 45.0. The van der Waals surface area contributed by atoms with E-state index >= 15 is 0 Å². The number of phosphoric acid groups is 1. The van der Waals surface area contributed by atoms with Crippen LogP contribution >= 0.6 is 7.82 Å². The second-order valence-corrected chi connectivity index (χ2v) is 15.4. The molecule has 0 fully saturated rings. The van der Waals surface area contributed by atoms with Crippen molar-refractivity contribution >= 4 is 19.8 Å². The highest BCUT2D eigenvalue weighted by Crippen LogP contribution is 2.43. The van der Waals surface area contributed by atoms with Crippen molar-refractivity contribution in [2.45, 2.75) is 174 Å². The number of carbonyl (C=O) groups excluding carboxylic acids is 2. The quantitative estimate of drug-likeness (QED) is 0.0310. The number of carbonyl (C=O) groups is 2. The number of phosphoric ester groups is 1. The molecule has 9 nitrogen and oxygen atoms in total. The maximum atomic E-state index is 12.6. The van der Waals surface area contributed by atoms with Crippen molar-refractivity contribution in [2.24, 2.45) is 0 Å². The van der Waals surface area contributed by atoms with Crippen LogP contribution in [0.25, 0.3) is 0 Å². The zero-order valence-corrected chi connectivity index (χ0v) is 31.5. The molecule has 2 atom stereocenters. The Bertz CT molecular complexity index is 774. The highest BCUT2D eigenvalue weighted by Gasteiger charge is 2.27. The summed E-state index contributed by atoms with van der Waals surface area (Å²) in [5.41, 5.74) is 0. The molecule has 0 amide bonds. The van der Waals surface area contributed by atoms with E-state index in [0.29, 0.717) is 17.4 Å². The summed E-state index contributed by atoms with van der Waals surface area (Å²) < 4.78 is 34.1. The van der Waals surface area contributed by atoms with Crippen LogP contribution in [0.1, 0.15) is 168 Å². The zero-order valence-electron chi connectivity index (χ0n) is 30.6. The summed E-state index contributed by atoms with van der Waals surface area (Å²) >= 11 is 0. The molecule has 0 aromatic carbocycles. The largest absolute Gasteiger partial charge is 0.472 e. The van der Waals surface area contributed by atoms with E-state index in [2.05, 4.69) is 13.8 Å². The lowest BCUT2D eigenvalue weighted by Gasteiger charge is -2.24. The maximum absolute atomic E-state index is 12.6. The predicted octanol–water partition coefficient (Wildman–Crippen LogP) is 9.68. The number of hydrogen-bond acceptors (Lipinski definition) is 7. The van der Waals surface area contributed by atoms with Gasteiger partial charge in [0.1, 0.15) is 19.8 Å². The molecule has 0 aromatic heterocycles. The number of rotatable bonds is 34. The van der Waals surface area contributed by atoms with Crippen LogP contribution in [0.15, 0.2) is 0 Å². The van der Waals surface area contributed by atoms with Crippen LogP contribution in [0.3, 0.4) is 0 Å². The number of hydrogen-bond donors (Lipinski definition) is 1. The Hall–Kier alpha value is -0.990. The fourth-order valence-corrected chi connectivity index (χ4v) is 5.87. The monoisotopic (exact) mass is 679 g/mol. The lowest BCUT2D eigenvalue weighted by atomic mass is 10.0. The molecule has 0 aromatic rings. The van der Waals surface area contributed by atoms with Crippen LogP contribution in [0.4, 0.5) is 0 Å². The Morgan fingerprint density at radius 1 is 0.587 bits per heavy atom. The molecule has 0 spiro atoms. The van der Waals surface area contributed by atoms with Gasteiger partial charge in [0.25, 0.3) is 0 Å². The van der Waals surface area contributed by atoms with Gasteiger partial charge in [-0.15, -0.1) is 0 Å². The molecule has 0 aliphatic rings. The molecule has 0 aliphatic carbocycles. The first-order valence-corrected chi connectivity index (χ1v) is 20.3. The average molecular weight is 679 g/mol. The van der Waals surface area contributed by atoms with E-state index < -0.39 is 26.5 Å².